The number of nitrogens with zero attached hydrogens (tertiary/aromatic N) is 2. The van der Waals surface area contributed by atoms with Crippen LogP contribution < -0.4 is 15.2 Å². The second-order valence-corrected chi connectivity index (χ2v) is 4.22. The van der Waals surface area contributed by atoms with Crippen LogP contribution in [0.2, 0.25) is 0 Å². The van der Waals surface area contributed by atoms with Crippen molar-refractivity contribution in [3.63, 3.8) is 0 Å². The van der Waals surface area contributed by atoms with E-state index in [0.717, 1.165) is 10.8 Å². The van der Waals surface area contributed by atoms with Crippen LogP contribution in [0.25, 0.3) is 10.8 Å². The largest absolute Gasteiger partial charge is 0.481 e. The number of nitrogen functional groups attached to an aromatic ring is 1. The van der Waals surface area contributed by atoms with Crippen molar-refractivity contribution in [2.24, 2.45) is 0 Å². The summed E-state index contributed by atoms with van der Waals surface area (Å²) in [6.45, 7) is 0. The third-order valence-corrected chi connectivity index (χ3v) is 2.85. The first-order valence-electron chi connectivity index (χ1n) is 6.10. The van der Waals surface area contributed by atoms with Crippen LogP contribution in [0.5, 0.6) is 17.5 Å². The number of nitrogens with two attached hydrogens (primary N) is 1. The Morgan fingerprint density at radius 2 is 1.65 bits per heavy atom. The van der Waals surface area contributed by atoms with Crippen LogP contribution in [0.4, 0.5) is 5.95 Å². The van der Waals surface area contributed by atoms with Gasteiger partial charge in [0.2, 0.25) is 17.7 Å². The molecule has 5 nitrogen and oxygen atoms in total. The molecule has 0 bridgehead atoms. The van der Waals surface area contributed by atoms with Crippen LogP contribution in [0.15, 0.2) is 48.5 Å². The van der Waals surface area contributed by atoms with Gasteiger partial charge in [-0.15, -0.1) is 0 Å². The molecule has 0 aliphatic heterocycles. The first-order valence-corrected chi connectivity index (χ1v) is 6.10. The standard InChI is InChI=1S/C15H13N3O2/c1-19-13-9-14(18-15(16)17-13)20-12-7-6-10-4-2-3-5-11(10)8-12/h2-9H,1H3,(H2,16,17,18). The van der Waals surface area contributed by atoms with Crippen LogP contribution in [-0.2, 0) is 0 Å². The molecule has 3 aromatic rings. The van der Waals surface area contributed by atoms with Gasteiger partial charge in [-0.25, -0.2) is 0 Å². The quantitative estimate of drug-likeness (QED) is 0.789. The molecule has 0 saturated heterocycles. The molecular formula is C15H13N3O2. The summed E-state index contributed by atoms with van der Waals surface area (Å²) in [5.41, 5.74) is 5.60. The zero-order chi connectivity index (χ0) is 13.9. The summed E-state index contributed by atoms with van der Waals surface area (Å²) in [6.07, 6.45) is 0. The Morgan fingerprint density at radius 1 is 0.900 bits per heavy atom. The molecule has 0 spiro atoms. The van der Waals surface area contributed by atoms with Crippen LogP contribution in [0, 0.1) is 0 Å². The molecule has 0 atom stereocenters. The Hall–Kier alpha value is -2.82. The van der Waals surface area contributed by atoms with Gasteiger partial charge in [0.05, 0.1) is 13.2 Å². The Balaban J connectivity index is 1.94. The minimum Gasteiger partial charge on any atom is -0.481 e. The van der Waals surface area contributed by atoms with Gasteiger partial charge in [-0.3, -0.25) is 0 Å². The van der Waals surface area contributed by atoms with Crippen molar-refractivity contribution in [1.29, 1.82) is 0 Å². The number of rotatable bonds is 3. The van der Waals surface area contributed by atoms with Crippen molar-refractivity contribution in [3.05, 3.63) is 48.5 Å². The predicted molar refractivity (Wildman–Crippen MR) is 77.0 cm³/mol. The molecule has 1 aromatic heterocycles. The van der Waals surface area contributed by atoms with E-state index in [4.69, 9.17) is 15.2 Å². The second-order valence-electron chi connectivity index (χ2n) is 4.22. The molecule has 0 aliphatic carbocycles. The van der Waals surface area contributed by atoms with Crippen molar-refractivity contribution in [2.75, 3.05) is 12.8 Å². The van der Waals surface area contributed by atoms with Crippen molar-refractivity contribution < 1.29 is 9.47 Å². The molecule has 3 rings (SSSR count). The fourth-order valence-electron chi connectivity index (χ4n) is 1.93. The topological polar surface area (TPSA) is 70.3 Å². The van der Waals surface area contributed by atoms with Crippen molar-refractivity contribution >= 4 is 16.7 Å². The molecular weight excluding hydrogens is 254 g/mol. The summed E-state index contributed by atoms with van der Waals surface area (Å²) in [5.74, 6) is 1.52. The van der Waals surface area contributed by atoms with Crippen LogP contribution in [-0.4, -0.2) is 17.1 Å². The summed E-state index contributed by atoms with van der Waals surface area (Å²) < 4.78 is 10.7. The molecule has 0 unspecified atom stereocenters. The average molecular weight is 267 g/mol. The lowest BCUT2D eigenvalue weighted by atomic mass is 10.1. The van der Waals surface area contributed by atoms with E-state index in [0.29, 0.717) is 17.5 Å². The number of anilines is 1. The molecule has 0 fully saturated rings. The highest BCUT2D eigenvalue weighted by molar-refractivity contribution is 5.83. The highest BCUT2D eigenvalue weighted by Crippen LogP contribution is 2.26. The van der Waals surface area contributed by atoms with Crippen molar-refractivity contribution in [1.82, 2.24) is 9.97 Å². The molecule has 2 N–H and O–H groups in total. The molecule has 2 aromatic carbocycles. The second kappa shape index (κ2) is 5.05. The molecule has 0 aliphatic rings. The van der Waals surface area contributed by atoms with E-state index in [1.165, 1.54) is 7.11 Å². The van der Waals surface area contributed by atoms with E-state index in [1.807, 2.05) is 42.5 Å². The van der Waals surface area contributed by atoms with Gasteiger partial charge in [0.1, 0.15) is 5.75 Å². The highest BCUT2D eigenvalue weighted by atomic mass is 16.5. The third-order valence-electron chi connectivity index (χ3n) is 2.85. The first kappa shape index (κ1) is 12.2. The third kappa shape index (κ3) is 2.47. The average Bonchev–Trinajstić information content (AvgIpc) is 2.46. The number of benzene rings is 2. The molecule has 20 heavy (non-hydrogen) atoms. The molecule has 0 amide bonds. The molecule has 0 radical (unpaired) electrons. The SMILES string of the molecule is COc1cc(Oc2ccc3ccccc3c2)nc(N)n1. The lowest BCUT2D eigenvalue weighted by Gasteiger charge is -2.07. The zero-order valence-corrected chi connectivity index (χ0v) is 10.9. The fourth-order valence-corrected chi connectivity index (χ4v) is 1.93. The van der Waals surface area contributed by atoms with Crippen molar-refractivity contribution in [2.45, 2.75) is 0 Å². The maximum Gasteiger partial charge on any atom is 0.227 e. The number of fused-ring (bicyclic) bond motifs is 1. The summed E-state index contributed by atoms with van der Waals surface area (Å²) in [4.78, 5) is 7.93. The van der Waals surface area contributed by atoms with Crippen LogP contribution >= 0.6 is 0 Å². The summed E-state index contributed by atoms with van der Waals surface area (Å²) in [7, 11) is 1.52. The van der Waals surface area contributed by atoms with E-state index in [1.54, 1.807) is 6.07 Å². The molecule has 1 heterocycles. The lowest BCUT2D eigenvalue weighted by Crippen LogP contribution is -1.99. The zero-order valence-electron chi connectivity index (χ0n) is 10.9. The normalized spacial score (nSPS) is 10.4. The molecule has 100 valence electrons. The van der Waals surface area contributed by atoms with Gasteiger partial charge < -0.3 is 15.2 Å². The maximum absolute atomic E-state index is 5.70. The Bertz CT molecular complexity index is 759. The monoisotopic (exact) mass is 267 g/mol. The highest BCUT2D eigenvalue weighted by Gasteiger charge is 2.05. The van der Waals surface area contributed by atoms with Gasteiger partial charge in [-0.2, -0.15) is 9.97 Å². The van der Waals surface area contributed by atoms with E-state index < -0.39 is 0 Å². The number of hydrogen-bond acceptors (Lipinski definition) is 5. The number of ether oxygens (including phenoxy) is 2. The van der Waals surface area contributed by atoms with E-state index in [2.05, 4.69) is 9.97 Å². The van der Waals surface area contributed by atoms with E-state index in [9.17, 15) is 0 Å². The summed E-state index contributed by atoms with van der Waals surface area (Å²) in [6, 6.07) is 15.5. The molecule has 5 heteroatoms. The first-order chi connectivity index (χ1) is 9.74. The van der Waals surface area contributed by atoms with Crippen LogP contribution in [0.3, 0.4) is 0 Å². The van der Waals surface area contributed by atoms with Gasteiger partial charge in [0, 0.05) is 0 Å². The van der Waals surface area contributed by atoms with E-state index in [-0.39, 0.29) is 5.95 Å². The number of aromatic nitrogens is 2. The predicted octanol–water partition coefficient (Wildman–Crippen LogP) is 3.01. The molecule has 0 saturated carbocycles. The lowest BCUT2D eigenvalue weighted by molar-refractivity contribution is 0.389. The Kier molecular flexibility index (Phi) is 3.09. The summed E-state index contributed by atoms with van der Waals surface area (Å²) in [5, 5.41) is 2.25. The smallest absolute Gasteiger partial charge is 0.227 e. The minimum absolute atomic E-state index is 0.111. The Morgan fingerprint density at radius 3 is 2.45 bits per heavy atom. The Labute approximate surface area is 116 Å². The maximum atomic E-state index is 5.70. The van der Waals surface area contributed by atoms with Gasteiger partial charge >= 0.3 is 0 Å². The summed E-state index contributed by atoms with van der Waals surface area (Å²) >= 11 is 0. The van der Waals surface area contributed by atoms with Gasteiger partial charge in [-0.1, -0.05) is 30.3 Å². The van der Waals surface area contributed by atoms with Gasteiger partial charge in [0.25, 0.3) is 0 Å². The number of methoxy groups -OCH3 is 1. The minimum atomic E-state index is 0.111. The van der Waals surface area contributed by atoms with E-state index >= 15 is 0 Å². The van der Waals surface area contributed by atoms with Gasteiger partial charge in [-0.05, 0) is 22.9 Å². The fraction of sp³-hybridized carbons (Fsp3) is 0.0667. The van der Waals surface area contributed by atoms with Crippen LogP contribution in [0.1, 0.15) is 0 Å². The number of hydrogen-bond donors (Lipinski definition) is 1. The van der Waals surface area contributed by atoms with Gasteiger partial charge in [0.15, 0.2) is 0 Å². The van der Waals surface area contributed by atoms with Crippen molar-refractivity contribution in [3.8, 4) is 17.5 Å².